The number of anilines is 2. The SMILES string of the molecule is CCNC(=O)c1ccc(N)cc1NCCNC(=O)OC(C)(C)C. The quantitative estimate of drug-likeness (QED) is 0.473. The van der Waals surface area contributed by atoms with Gasteiger partial charge in [-0.3, -0.25) is 4.79 Å². The summed E-state index contributed by atoms with van der Waals surface area (Å²) in [5.74, 6) is -0.171. The molecule has 0 heterocycles. The second-order valence-corrected chi connectivity index (χ2v) is 6.02. The lowest BCUT2D eigenvalue weighted by molar-refractivity contribution is 0.0530. The predicted molar refractivity (Wildman–Crippen MR) is 91.6 cm³/mol. The molecule has 5 N–H and O–H groups in total. The highest BCUT2D eigenvalue weighted by Gasteiger charge is 2.15. The minimum atomic E-state index is -0.531. The zero-order chi connectivity index (χ0) is 17.5. The van der Waals surface area contributed by atoms with Crippen LogP contribution in [0.4, 0.5) is 16.2 Å². The van der Waals surface area contributed by atoms with Crippen molar-refractivity contribution in [3.63, 3.8) is 0 Å². The maximum Gasteiger partial charge on any atom is 0.407 e. The molecule has 7 heteroatoms. The summed E-state index contributed by atoms with van der Waals surface area (Å²) in [6.45, 7) is 8.60. The molecular weight excluding hydrogens is 296 g/mol. The zero-order valence-electron chi connectivity index (χ0n) is 14.2. The fourth-order valence-electron chi connectivity index (χ4n) is 1.84. The molecule has 0 fully saturated rings. The van der Waals surface area contributed by atoms with Gasteiger partial charge in [0.15, 0.2) is 0 Å². The molecule has 0 aliphatic heterocycles. The van der Waals surface area contributed by atoms with Gasteiger partial charge < -0.3 is 26.4 Å². The molecule has 1 aromatic carbocycles. The molecule has 0 bridgehead atoms. The standard InChI is InChI=1S/C16H26N4O3/c1-5-18-14(21)12-7-6-11(17)10-13(12)19-8-9-20-15(22)23-16(2,3)4/h6-7,10,19H,5,8-9,17H2,1-4H3,(H,18,21)(H,20,22). The van der Waals surface area contributed by atoms with Crippen molar-refractivity contribution in [3.05, 3.63) is 23.8 Å². The molecule has 0 spiro atoms. The highest BCUT2D eigenvalue weighted by molar-refractivity contribution is 6.00. The van der Waals surface area contributed by atoms with Crippen molar-refractivity contribution >= 4 is 23.4 Å². The highest BCUT2D eigenvalue weighted by atomic mass is 16.6. The van der Waals surface area contributed by atoms with Crippen LogP contribution in [-0.4, -0.2) is 37.2 Å². The molecule has 1 aromatic rings. The number of alkyl carbamates (subject to hydrolysis) is 1. The molecule has 7 nitrogen and oxygen atoms in total. The Morgan fingerprint density at radius 3 is 2.48 bits per heavy atom. The third-order valence-corrected chi connectivity index (χ3v) is 2.73. The minimum absolute atomic E-state index is 0.171. The van der Waals surface area contributed by atoms with E-state index in [1.165, 1.54) is 0 Å². The number of ether oxygens (including phenoxy) is 1. The molecule has 23 heavy (non-hydrogen) atoms. The Morgan fingerprint density at radius 1 is 1.17 bits per heavy atom. The summed E-state index contributed by atoms with van der Waals surface area (Å²) in [6, 6.07) is 5.04. The summed E-state index contributed by atoms with van der Waals surface area (Å²) in [7, 11) is 0. The maximum atomic E-state index is 12.0. The van der Waals surface area contributed by atoms with E-state index in [2.05, 4.69) is 16.0 Å². The summed E-state index contributed by atoms with van der Waals surface area (Å²) in [5.41, 5.74) is 6.93. The van der Waals surface area contributed by atoms with Crippen LogP contribution >= 0.6 is 0 Å². The van der Waals surface area contributed by atoms with Crippen LogP contribution in [0.25, 0.3) is 0 Å². The van der Waals surface area contributed by atoms with Gasteiger partial charge in [0, 0.05) is 31.0 Å². The van der Waals surface area contributed by atoms with E-state index in [1.807, 2.05) is 6.92 Å². The van der Waals surface area contributed by atoms with Gasteiger partial charge in [-0.05, 0) is 45.9 Å². The van der Waals surface area contributed by atoms with E-state index in [0.717, 1.165) is 0 Å². The molecule has 128 valence electrons. The first-order valence-electron chi connectivity index (χ1n) is 7.61. The van der Waals surface area contributed by atoms with Gasteiger partial charge in [0.1, 0.15) is 5.60 Å². The van der Waals surface area contributed by atoms with E-state index in [4.69, 9.17) is 10.5 Å². The van der Waals surface area contributed by atoms with E-state index in [-0.39, 0.29) is 5.91 Å². The average Bonchev–Trinajstić information content (AvgIpc) is 2.42. The first kappa shape index (κ1) is 18.6. The van der Waals surface area contributed by atoms with Crippen molar-refractivity contribution in [2.45, 2.75) is 33.3 Å². The van der Waals surface area contributed by atoms with Gasteiger partial charge in [-0.15, -0.1) is 0 Å². The summed E-state index contributed by atoms with van der Waals surface area (Å²) in [5, 5.41) is 8.49. The number of carbonyl (C=O) groups excluding carboxylic acids is 2. The number of hydrogen-bond donors (Lipinski definition) is 4. The molecule has 0 atom stereocenters. The zero-order valence-corrected chi connectivity index (χ0v) is 14.2. The van der Waals surface area contributed by atoms with Crippen molar-refractivity contribution in [1.29, 1.82) is 0 Å². The number of nitrogens with two attached hydrogens (primary N) is 1. The van der Waals surface area contributed by atoms with Gasteiger partial charge in [-0.2, -0.15) is 0 Å². The van der Waals surface area contributed by atoms with Crippen molar-refractivity contribution in [2.75, 3.05) is 30.7 Å². The number of hydrogen-bond acceptors (Lipinski definition) is 5. The fraction of sp³-hybridized carbons (Fsp3) is 0.500. The second kappa shape index (κ2) is 8.26. The molecular formula is C16H26N4O3. The summed E-state index contributed by atoms with van der Waals surface area (Å²) in [4.78, 5) is 23.5. The van der Waals surface area contributed by atoms with Crippen LogP contribution in [0.3, 0.4) is 0 Å². The minimum Gasteiger partial charge on any atom is -0.444 e. The monoisotopic (exact) mass is 322 g/mol. The molecule has 2 amide bonds. The predicted octanol–water partition coefficient (Wildman–Crippen LogP) is 1.96. The number of benzene rings is 1. The van der Waals surface area contributed by atoms with Crippen LogP contribution in [0, 0.1) is 0 Å². The molecule has 0 aliphatic carbocycles. The van der Waals surface area contributed by atoms with Crippen LogP contribution in [-0.2, 0) is 4.74 Å². The number of carbonyl (C=O) groups is 2. The third kappa shape index (κ3) is 6.90. The summed E-state index contributed by atoms with van der Waals surface area (Å²) < 4.78 is 5.14. The number of amides is 2. The molecule has 0 aliphatic rings. The van der Waals surface area contributed by atoms with Crippen molar-refractivity contribution in [2.24, 2.45) is 0 Å². The smallest absolute Gasteiger partial charge is 0.407 e. The largest absolute Gasteiger partial charge is 0.444 e. The maximum absolute atomic E-state index is 12.0. The Balaban J connectivity index is 2.56. The lowest BCUT2D eigenvalue weighted by Crippen LogP contribution is -2.35. The van der Waals surface area contributed by atoms with Crippen molar-refractivity contribution < 1.29 is 14.3 Å². The van der Waals surface area contributed by atoms with E-state index in [9.17, 15) is 9.59 Å². The second-order valence-electron chi connectivity index (χ2n) is 6.02. The fourth-order valence-corrected chi connectivity index (χ4v) is 1.84. The first-order chi connectivity index (χ1) is 10.7. The lowest BCUT2D eigenvalue weighted by Gasteiger charge is -2.20. The number of nitrogens with one attached hydrogen (secondary N) is 3. The van der Waals surface area contributed by atoms with Gasteiger partial charge in [0.2, 0.25) is 0 Å². The molecule has 0 aromatic heterocycles. The van der Waals surface area contributed by atoms with E-state index in [1.54, 1.807) is 39.0 Å². The first-order valence-corrected chi connectivity index (χ1v) is 7.61. The van der Waals surface area contributed by atoms with Crippen molar-refractivity contribution in [1.82, 2.24) is 10.6 Å². The van der Waals surface area contributed by atoms with Crippen LogP contribution in [0.15, 0.2) is 18.2 Å². The molecule has 1 rings (SSSR count). The summed E-state index contributed by atoms with van der Waals surface area (Å²) >= 11 is 0. The Morgan fingerprint density at radius 2 is 1.87 bits per heavy atom. The molecule has 0 unspecified atom stereocenters. The molecule has 0 saturated carbocycles. The van der Waals surface area contributed by atoms with Gasteiger partial charge in [0.05, 0.1) is 5.56 Å². The van der Waals surface area contributed by atoms with Gasteiger partial charge in [-0.1, -0.05) is 0 Å². The van der Waals surface area contributed by atoms with Crippen LogP contribution in [0.2, 0.25) is 0 Å². The topological polar surface area (TPSA) is 105 Å². The van der Waals surface area contributed by atoms with Gasteiger partial charge in [-0.25, -0.2) is 4.79 Å². The average molecular weight is 322 g/mol. The molecule has 0 saturated heterocycles. The van der Waals surface area contributed by atoms with E-state index >= 15 is 0 Å². The Kier molecular flexibility index (Phi) is 6.68. The Hall–Kier alpha value is -2.44. The van der Waals surface area contributed by atoms with Gasteiger partial charge >= 0.3 is 6.09 Å². The normalized spacial score (nSPS) is 10.8. The Bertz CT molecular complexity index is 553. The van der Waals surface area contributed by atoms with Gasteiger partial charge in [0.25, 0.3) is 5.91 Å². The lowest BCUT2D eigenvalue weighted by atomic mass is 10.1. The van der Waals surface area contributed by atoms with E-state index < -0.39 is 11.7 Å². The van der Waals surface area contributed by atoms with E-state index in [0.29, 0.717) is 36.6 Å². The summed E-state index contributed by atoms with van der Waals surface area (Å²) in [6.07, 6.45) is -0.476. The van der Waals surface area contributed by atoms with Crippen LogP contribution in [0.1, 0.15) is 38.1 Å². The Labute approximate surface area is 137 Å². The number of nitrogen functional groups attached to an aromatic ring is 1. The van der Waals surface area contributed by atoms with Crippen molar-refractivity contribution in [3.8, 4) is 0 Å². The third-order valence-electron chi connectivity index (χ3n) is 2.73. The van der Waals surface area contributed by atoms with Crippen LogP contribution < -0.4 is 21.7 Å². The number of rotatable bonds is 6. The highest BCUT2D eigenvalue weighted by Crippen LogP contribution is 2.19. The molecule has 0 radical (unpaired) electrons. The van der Waals surface area contributed by atoms with Crippen LogP contribution in [0.5, 0.6) is 0 Å².